The minimum absolute atomic E-state index is 0.0310. The zero-order valence-electron chi connectivity index (χ0n) is 17.5. The topological polar surface area (TPSA) is 65.7 Å². The number of rotatable bonds is 6. The van der Waals surface area contributed by atoms with Crippen molar-refractivity contribution < 1.29 is 23.5 Å². The van der Waals surface area contributed by atoms with Crippen LogP contribution in [0.15, 0.2) is 34.7 Å². The Morgan fingerprint density at radius 2 is 2.11 bits per heavy atom. The van der Waals surface area contributed by atoms with E-state index in [0.717, 1.165) is 38.5 Å². The largest absolute Gasteiger partial charge is 0.472 e. The Kier molecular flexibility index (Phi) is 6.01. The fraction of sp³-hybridized carbons (Fsp3) is 0.652. The molecule has 3 rings (SSSR count). The molecular weight excluding hydrogens is 356 g/mol. The van der Waals surface area contributed by atoms with Crippen LogP contribution in [-0.4, -0.2) is 25.7 Å². The van der Waals surface area contributed by atoms with Crippen molar-refractivity contribution in [1.82, 2.24) is 0 Å². The molecule has 1 fully saturated rings. The van der Waals surface area contributed by atoms with Crippen LogP contribution in [-0.2, 0) is 25.5 Å². The van der Waals surface area contributed by atoms with E-state index in [4.69, 9.17) is 13.9 Å². The molecule has 154 valence electrons. The van der Waals surface area contributed by atoms with Gasteiger partial charge in [0.2, 0.25) is 0 Å². The van der Waals surface area contributed by atoms with E-state index in [9.17, 15) is 9.59 Å². The number of methoxy groups -OCH3 is 1. The standard InChI is InChI=1S/C23H32O5/c1-16-8-12-23(15-28-17(2)24)19(21(25)26-4)6-5-7-20(23)22(16,3)11-9-18-10-13-27-14-18/h6,10,13-14,16,20H,5,7-9,11-12,15H2,1-4H3/t16-,20?,22+,23-/m0/s1. The van der Waals surface area contributed by atoms with Crippen LogP contribution in [0.2, 0.25) is 0 Å². The lowest BCUT2D eigenvalue weighted by Crippen LogP contribution is -2.54. The summed E-state index contributed by atoms with van der Waals surface area (Å²) in [4.78, 5) is 24.3. The van der Waals surface area contributed by atoms with Crippen molar-refractivity contribution in [3.05, 3.63) is 35.8 Å². The molecule has 0 N–H and O–H groups in total. The molecular formula is C23H32O5. The van der Waals surface area contributed by atoms with E-state index in [1.165, 1.54) is 19.6 Å². The van der Waals surface area contributed by atoms with Crippen molar-refractivity contribution in [3.8, 4) is 0 Å². The van der Waals surface area contributed by atoms with Crippen molar-refractivity contribution in [3.63, 3.8) is 0 Å². The Labute approximate surface area is 167 Å². The highest BCUT2D eigenvalue weighted by Crippen LogP contribution is 2.62. The van der Waals surface area contributed by atoms with Crippen LogP contribution in [0.4, 0.5) is 0 Å². The summed E-state index contributed by atoms with van der Waals surface area (Å²) in [5.41, 5.74) is 1.47. The van der Waals surface area contributed by atoms with Crippen LogP contribution in [0.5, 0.6) is 0 Å². The number of furan rings is 1. The van der Waals surface area contributed by atoms with Gasteiger partial charge in [0.1, 0.15) is 6.61 Å². The SMILES string of the molecule is COC(=O)C1=CCCC2[C@]1(COC(C)=O)CC[C@H](C)[C@@]2(C)CCc1ccoc1. The molecule has 5 heteroatoms. The first-order chi connectivity index (χ1) is 13.3. The Balaban J connectivity index is 1.97. The third-order valence-electron chi connectivity index (χ3n) is 7.42. The van der Waals surface area contributed by atoms with Crippen molar-refractivity contribution in [2.45, 2.75) is 59.3 Å². The average molecular weight is 389 g/mol. The van der Waals surface area contributed by atoms with Gasteiger partial charge in [-0.1, -0.05) is 19.9 Å². The number of carbonyl (C=O) groups is 2. The molecule has 1 unspecified atom stereocenters. The van der Waals surface area contributed by atoms with E-state index in [2.05, 4.69) is 13.8 Å². The van der Waals surface area contributed by atoms with Gasteiger partial charge in [-0.15, -0.1) is 0 Å². The highest BCUT2D eigenvalue weighted by atomic mass is 16.5. The summed E-state index contributed by atoms with van der Waals surface area (Å²) >= 11 is 0. The molecule has 1 aromatic heterocycles. The quantitative estimate of drug-likeness (QED) is 0.661. The Bertz CT molecular complexity index is 734. The van der Waals surface area contributed by atoms with E-state index >= 15 is 0 Å². The molecule has 0 bridgehead atoms. The van der Waals surface area contributed by atoms with E-state index in [1.54, 1.807) is 6.26 Å². The van der Waals surface area contributed by atoms with E-state index < -0.39 is 5.41 Å². The number of esters is 2. The monoisotopic (exact) mass is 388 g/mol. The van der Waals surface area contributed by atoms with E-state index in [0.29, 0.717) is 11.5 Å². The second-order valence-corrected chi connectivity index (χ2v) is 8.75. The number of ether oxygens (including phenoxy) is 2. The molecule has 1 saturated carbocycles. The summed E-state index contributed by atoms with van der Waals surface area (Å²) in [6.07, 6.45) is 11.2. The molecule has 0 radical (unpaired) electrons. The molecule has 1 aromatic rings. The van der Waals surface area contributed by atoms with E-state index in [1.807, 2.05) is 18.4 Å². The highest BCUT2D eigenvalue weighted by molar-refractivity contribution is 5.90. The van der Waals surface area contributed by atoms with Crippen LogP contribution in [0.3, 0.4) is 0 Å². The van der Waals surface area contributed by atoms with Gasteiger partial charge in [0, 0.05) is 17.9 Å². The molecule has 28 heavy (non-hydrogen) atoms. The number of aryl methyl sites for hydroxylation is 1. The number of allylic oxidation sites excluding steroid dienone is 1. The molecule has 2 aliphatic carbocycles. The first kappa shape index (κ1) is 20.7. The zero-order valence-corrected chi connectivity index (χ0v) is 17.5. The second-order valence-electron chi connectivity index (χ2n) is 8.75. The number of hydrogen-bond acceptors (Lipinski definition) is 5. The number of fused-ring (bicyclic) bond motifs is 1. The Hall–Kier alpha value is -2.04. The van der Waals surface area contributed by atoms with Gasteiger partial charge in [-0.25, -0.2) is 4.79 Å². The normalized spacial score (nSPS) is 32.2. The van der Waals surface area contributed by atoms with Gasteiger partial charge in [-0.05, 0) is 67.4 Å². The van der Waals surface area contributed by atoms with Gasteiger partial charge in [0.05, 0.1) is 19.6 Å². The Morgan fingerprint density at radius 3 is 2.75 bits per heavy atom. The predicted molar refractivity (Wildman–Crippen MR) is 105 cm³/mol. The second kappa shape index (κ2) is 8.14. The van der Waals surface area contributed by atoms with Gasteiger partial charge in [-0.2, -0.15) is 0 Å². The van der Waals surface area contributed by atoms with Crippen LogP contribution in [0.25, 0.3) is 0 Å². The van der Waals surface area contributed by atoms with Gasteiger partial charge in [0.15, 0.2) is 0 Å². The maximum atomic E-state index is 12.7. The molecule has 1 heterocycles. The van der Waals surface area contributed by atoms with Gasteiger partial charge in [-0.3, -0.25) is 4.79 Å². The lowest BCUT2D eigenvalue weighted by atomic mass is 9.46. The fourth-order valence-corrected chi connectivity index (χ4v) is 5.63. The van der Waals surface area contributed by atoms with Crippen molar-refractivity contribution >= 4 is 11.9 Å². The molecule has 0 aliphatic heterocycles. The first-order valence-electron chi connectivity index (χ1n) is 10.3. The van der Waals surface area contributed by atoms with Crippen LogP contribution in [0, 0.1) is 22.7 Å². The Morgan fingerprint density at radius 1 is 1.32 bits per heavy atom. The zero-order chi connectivity index (χ0) is 20.4. The summed E-state index contributed by atoms with van der Waals surface area (Å²) in [5, 5.41) is 0. The lowest BCUT2D eigenvalue weighted by Gasteiger charge is -2.58. The van der Waals surface area contributed by atoms with Crippen molar-refractivity contribution in [1.29, 1.82) is 0 Å². The number of hydrogen-bond donors (Lipinski definition) is 0. The maximum Gasteiger partial charge on any atom is 0.334 e. The number of carbonyl (C=O) groups excluding carboxylic acids is 2. The maximum absolute atomic E-state index is 12.7. The molecule has 4 atom stereocenters. The van der Waals surface area contributed by atoms with Crippen molar-refractivity contribution in [2.75, 3.05) is 13.7 Å². The summed E-state index contributed by atoms with van der Waals surface area (Å²) in [5.74, 6) is 0.186. The molecule has 2 aliphatic rings. The summed E-state index contributed by atoms with van der Waals surface area (Å²) in [7, 11) is 1.43. The molecule has 5 nitrogen and oxygen atoms in total. The average Bonchev–Trinajstić information content (AvgIpc) is 3.21. The van der Waals surface area contributed by atoms with Crippen molar-refractivity contribution in [2.24, 2.45) is 22.7 Å². The summed E-state index contributed by atoms with van der Waals surface area (Å²) in [6, 6.07) is 2.02. The molecule has 0 saturated heterocycles. The third-order valence-corrected chi connectivity index (χ3v) is 7.42. The first-order valence-corrected chi connectivity index (χ1v) is 10.3. The fourth-order valence-electron chi connectivity index (χ4n) is 5.63. The van der Waals surface area contributed by atoms with Crippen LogP contribution >= 0.6 is 0 Å². The smallest absolute Gasteiger partial charge is 0.334 e. The van der Waals surface area contributed by atoms with Gasteiger partial charge in [0.25, 0.3) is 0 Å². The van der Waals surface area contributed by atoms with E-state index in [-0.39, 0.29) is 29.9 Å². The minimum Gasteiger partial charge on any atom is -0.472 e. The van der Waals surface area contributed by atoms with Gasteiger partial charge < -0.3 is 13.9 Å². The minimum atomic E-state index is -0.464. The molecule has 0 amide bonds. The summed E-state index contributed by atoms with van der Waals surface area (Å²) in [6.45, 7) is 6.35. The van der Waals surface area contributed by atoms with Crippen LogP contribution in [0.1, 0.15) is 58.4 Å². The van der Waals surface area contributed by atoms with Crippen LogP contribution < -0.4 is 0 Å². The highest BCUT2D eigenvalue weighted by Gasteiger charge is 2.58. The summed E-state index contributed by atoms with van der Waals surface area (Å²) < 4.78 is 15.9. The third kappa shape index (κ3) is 3.63. The molecule has 0 aromatic carbocycles. The van der Waals surface area contributed by atoms with Gasteiger partial charge >= 0.3 is 11.9 Å². The molecule has 0 spiro atoms. The lowest BCUT2D eigenvalue weighted by molar-refractivity contribution is -0.156. The predicted octanol–water partition coefficient (Wildman–Crippen LogP) is 4.71.